The van der Waals surface area contributed by atoms with E-state index >= 15 is 0 Å². The van der Waals surface area contributed by atoms with Crippen molar-refractivity contribution in [1.29, 1.82) is 0 Å². The van der Waals surface area contributed by atoms with Crippen molar-refractivity contribution in [2.75, 3.05) is 12.3 Å². The molecular formula is C19H22BrN3O2S. The molecule has 0 unspecified atom stereocenters. The molecule has 2 rings (SSSR count). The number of rotatable bonds is 9. The van der Waals surface area contributed by atoms with E-state index < -0.39 is 12.1 Å². The number of hydrogen-bond donors (Lipinski definition) is 3. The normalized spacial score (nSPS) is 11.6. The van der Waals surface area contributed by atoms with Crippen LogP contribution in [0.1, 0.15) is 24.4 Å². The number of nitrogens with two attached hydrogens (primary N) is 1. The molecule has 1 atom stereocenters. The third-order valence-electron chi connectivity index (χ3n) is 3.61. The summed E-state index contributed by atoms with van der Waals surface area (Å²) < 4.78 is 0.879. The summed E-state index contributed by atoms with van der Waals surface area (Å²) in [5.74, 6) is 0.812. The SMILES string of the molecule is NC(=O)N[C@@H](CC(=O)NCCCSc1ccccc1)c1cccc(Br)c1. The van der Waals surface area contributed by atoms with Gasteiger partial charge in [-0.25, -0.2) is 4.79 Å². The number of amides is 3. The van der Waals surface area contributed by atoms with Gasteiger partial charge in [0.25, 0.3) is 0 Å². The molecule has 5 nitrogen and oxygen atoms in total. The minimum absolute atomic E-state index is 0.117. The first-order chi connectivity index (χ1) is 12.5. The second-order valence-corrected chi connectivity index (χ2v) is 7.77. The van der Waals surface area contributed by atoms with Crippen molar-refractivity contribution in [3.63, 3.8) is 0 Å². The molecule has 0 saturated heterocycles. The van der Waals surface area contributed by atoms with E-state index in [9.17, 15) is 9.59 Å². The highest BCUT2D eigenvalue weighted by molar-refractivity contribution is 9.10. The minimum atomic E-state index is -0.651. The number of carbonyl (C=O) groups is 2. The van der Waals surface area contributed by atoms with Crippen LogP contribution in [0.15, 0.2) is 64.0 Å². The van der Waals surface area contributed by atoms with Crippen LogP contribution in [-0.2, 0) is 4.79 Å². The molecule has 0 radical (unpaired) electrons. The lowest BCUT2D eigenvalue weighted by molar-refractivity contribution is -0.121. The van der Waals surface area contributed by atoms with Gasteiger partial charge in [-0.1, -0.05) is 46.3 Å². The van der Waals surface area contributed by atoms with Crippen molar-refractivity contribution >= 4 is 39.6 Å². The largest absolute Gasteiger partial charge is 0.356 e. The number of urea groups is 1. The number of thioether (sulfide) groups is 1. The molecule has 0 heterocycles. The van der Waals surface area contributed by atoms with Crippen molar-refractivity contribution < 1.29 is 9.59 Å². The van der Waals surface area contributed by atoms with Crippen molar-refractivity contribution in [3.05, 3.63) is 64.6 Å². The summed E-state index contributed by atoms with van der Waals surface area (Å²) >= 11 is 5.16. The van der Waals surface area contributed by atoms with Gasteiger partial charge in [-0.15, -0.1) is 11.8 Å². The van der Waals surface area contributed by atoms with E-state index in [1.54, 1.807) is 11.8 Å². The van der Waals surface area contributed by atoms with Gasteiger partial charge in [0, 0.05) is 15.9 Å². The molecule has 0 aromatic heterocycles. The minimum Gasteiger partial charge on any atom is -0.356 e. The second-order valence-electron chi connectivity index (χ2n) is 5.69. The number of hydrogen-bond acceptors (Lipinski definition) is 3. The van der Waals surface area contributed by atoms with Crippen LogP contribution in [0.5, 0.6) is 0 Å². The molecule has 3 amide bonds. The van der Waals surface area contributed by atoms with Crippen LogP contribution >= 0.6 is 27.7 Å². The van der Waals surface area contributed by atoms with Crippen LogP contribution in [0.25, 0.3) is 0 Å². The van der Waals surface area contributed by atoms with E-state index in [4.69, 9.17) is 5.73 Å². The summed E-state index contributed by atoms with van der Waals surface area (Å²) in [5, 5.41) is 5.53. The van der Waals surface area contributed by atoms with Crippen molar-refractivity contribution in [2.45, 2.75) is 23.8 Å². The summed E-state index contributed by atoms with van der Waals surface area (Å²) in [6, 6.07) is 16.5. The van der Waals surface area contributed by atoms with Gasteiger partial charge in [0.2, 0.25) is 5.91 Å². The molecule has 0 aliphatic heterocycles. The zero-order valence-electron chi connectivity index (χ0n) is 14.3. The Bertz CT molecular complexity index is 728. The Morgan fingerprint density at radius 1 is 1.12 bits per heavy atom. The van der Waals surface area contributed by atoms with E-state index in [1.165, 1.54) is 4.90 Å². The quantitative estimate of drug-likeness (QED) is 0.413. The zero-order chi connectivity index (χ0) is 18.8. The molecule has 7 heteroatoms. The maximum atomic E-state index is 12.2. The summed E-state index contributed by atoms with van der Waals surface area (Å²) in [7, 11) is 0. The highest BCUT2D eigenvalue weighted by Crippen LogP contribution is 2.21. The molecule has 0 aliphatic rings. The Morgan fingerprint density at radius 3 is 2.58 bits per heavy atom. The lowest BCUT2D eigenvalue weighted by Crippen LogP contribution is -2.37. The standard InChI is InChI=1S/C19H22BrN3O2S/c20-15-7-4-6-14(12-15)17(23-19(21)25)13-18(24)22-10-5-11-26-16-8-2-1-3-9-16/h1-4,6-9,12,17H,5,10-11,13H2,(H,22,24)(H3,21,23,25)/t17-/m0/s1. The molecular weight excluding hydrogens is 414 g/mol. The maximum absolute atomic E-state index is 12.2. The van der Waals surface area contributed by atoms with E-state index in [2.05, 4.69) is 38.7 Å². The van der Waals surface area contributed by atoms with Crippen LogP contribution in [0.4, 0.5) is 4.79 Å². The Labute approximate surface area is 166 Å². The molecule has 0 fully saturated rings. The predicted octanol–water partition coefficient (Wildman–Crippen LogP) is 3.85. The van der Waals surface area contributed by atoms with Gasteiger partial charge in [0.15, 0.2) is 0 Å². The summed E-state index contributed by atoms with van der Waals surface area (Å²) in [4.78, 5) is 24.7. The Hall–Kier alpha value is -1.99. The Morgan fingerprint density at radius 2 is 1.88 bits per heavy atom. The van der Waals surface area contributed by atoms with Gasteiger partial charge in [0.05, 0.1) is 12.5 Å². The van der Waals surface area contributed by atoms with E-state index in [0.29, 0.717) is 6.54 Å². The first-order valence-electron chi connectivity index (χ1n) is 8.30. The van der Waals surface area contributed by atoms with Gasteiger partial charge in [0.1, 0.15) is 0 Å². The molecule has 26 heavy (non-hydrogen) atoms. The first kappa shape index (κ1) is 20.3. The molecule has 0 saturated carbocycles. The Balaban J connectivity index is 1.77. The smallest absolute Gasteiger partial charge is 0.312 e. The first-order valence-corrected chi connectivity index (χ1v) is 10.1. The average Bonchev–Trinajstić information content (AvgIpc) is 2.61. The molecule has 4 N–H and O–H groups in total. The van der Waals surface area contributed by atoms with Crippen LogP contribution in [0, 0.1) is 0 Å². The fourth-order valence-corrected chi connectivity index (χ4v) is 3.70. The van der Waals surface area contributed by atoms with E-state index in [1.807, 2.05) is 42.5 Å². The fraction of sp³-hybridized carbons (Fsp3) is 0.263. The van der Waals surface area contributed by atoms with Gasteiger partial charge >= 0.3 is 6.03 Å². The third kappa shape index (κ3) is 7.49. The van der Waals surface area contributed by atoms with Gasteiger partial charge in [-0.2, -0.15) is 0 Å². The zero-order valence-corrected chi connectivity index (χ0v) is 16.7. The lowest BCUT2D eigenvalue weighted by atomic mass is 10.0. The number of primary amides is 1. The topological polar surface area (TPSA) is 84.2 Å². The lowest BCUT2D eigenvalue weighted by Gasteiger charge is -2.18. The van der Waals surface area contributed by atoms with Crippen molar-refractivity contribution in [2.24, 2.45) is 5.73 Å². The van der Waals surface area contributed by atoms with E-state index in [0.717, 1.165) is 22.2 Å². The monoisotopic (exact) mass is 435 g/mol. The van der Waals surface area contributed by atoms with Crippen molar-refractivity contribution in [1.82, 2.24) is 10.6 Å². The summed E-state index contributed by atoms with van der Waals surface area (Å²) in [5.41, 5.74) is 6.07. The van der Waals surface area contributed by atoms with Gasteiger partial charge in [-0.05, 0) is 42.0 Å². The summed E-state index contributed by atoms with van der Waals surface area (Å²) in [6.07, 6.45) is 1.02. The van der Waals surface area contributed by atoms with Gasteiger partial charge < -0.3 is 16.4 Å². The molecule has 138 valence electrons. The van der Waals surface area contributed by atoms with Crippen LogP contribution < -0.4 is 16.4 Å². The number of halogens is 1. The predicted molar refractivity (Wildman–Crippen MR) is 109 cm³/mol. The van der Waals surface area contributed by atoms with Gasteiger partial charge in [-0.3, -0.25) is 4.79 Å². The highest BCUT2D eigenvalue weighted by Gasteiger charge is 2.17. The van der Waals surface area contributed by atoms with Crippen LogP contribution in [-0.4, -0.2) is 24.2 Å². The molecule has 2 aromatic rings. The fourth-order valence-electron chi connectivity index (χ4n) is 2.41. The number of benzene rings is 2. The second kappa shape index (κ2) is 10.9. The molecule has 0 bridgehead atoms. The maximum Gasteiger partial charge on any atom is 0.312 e. The number of nitrogens with one attached hydrogen (secondary N) is 2. The Kier molecular flexibility index (Phi) is 8.50. The van der Waals surface area contributed by atoms with Crippen LogP contribution in [0.2, 0.25) is 0 Å². The van der Waals surface area contributed by atoms with E-state index in [-0.39, 0.29) is 12.3 Å². The average molecular weight is 436 g/mol. The third-order valence-corrected chi connectivity index (χ3v) is 5.20. The molecule has 0 aliphatic carbocycles. The molecule has 0 spiro atoms. The highest BCUT2D eigenvalue weighted by atomic mass is 79.9. The summed E-state index contributed by atoms with van der Waals surface area (Å²) in [6.45, 7) is 0.598. The number of carbonyl (C=O) groups excluding carboxylic acids is 2. The van der Waals surface area contributed by atoms with Crippen LogP contribution in [0.3, 0.4) is 0 Å². The van der Waals surface area contributed by atoms with Crippen molar-refractivity contribution in [3.8, 4) is 0 Å². The molecule has 2 aromatic carbocycles.